The number of hydrogen-bond acceptors (Lipinski definition) is 2. The molecule has 1 aromatic carbocycles. The van der Waals surface area contributed by atoms with E-state index in [-0.39, 0.29) is 5.91 Å². The third kappa shape index (κ3) is 2.76. The molecule has 4 N–H and O–H groups in total. The van der Waals surface area contributed by atoms with Crippen LogP contribution >= 0.6 is 0 Å². The molecule has 0 bridgehead atoms. The smallest absolute Gasteiger partial charge is 0.280 e. The Balaban J connectivity index is 1.99. The molecule has 5 nitrogen and oxygen atoms in total. The van der Waals surface area contributed by atoms with Gasteiger partial charge in [-0.1, -0.05) is 12.1 Å². The molecule has 0 saturated heterocycles. The van der Waals surface area contributed by atoms with E-state index in [0.717, 1.165) is 35.4 Å². The van der Waals surface area contributed by atoms with Gasteiger partial charge in [-0.25, -0.2) is 4.98 Å². The first kappa shape index (κ1) is 14.8. The number of benzene rings is 1. The number of hydrogen-bond donors (Lipinski definition) is 2. The van der Waals surface area contributed by atoms with E-state index in [1.807, 2.05) is 17.4 Å². The van der Waals surface area contributed by atoms with Crippen molar-refractivity contribution in [2.24, 2.45) is 0 Å². The number of nitrogens with zero attached hydrogens (tertiary/aromatic N) is 1. The fraction of sp³-hybridized carbons (Fsp3) is 0.412. The molecule has 1 amide bonds. The minimum atomic E-state index is 0.0572. The van der Waals surface area contributed by atoms with Crippen LogP contribution in [0, 0.1) is 0 Å². The number of aromatic amines is 1. The summed E-state index contributed by atoms with van der Waals surface area (Å²) < 4.78 is 0. The highest BCUT2D eigenvalue weighted by molar-refractivity contribution is 6.03. The molecule has 0 fully saturated rings. The number of rotatable bonds is 4. The summed E-state index contributed by atoms with van der Waals surface area (Å²) >= 11 is 0. The van der Waals surface area contributed by atoms with Crippen molar-refractivity contribution < 1.29 is 15.1 Å². The van der Waals surface area contributed by atoms with E-state index >= 15 is 0 Å². The number of nitrogens with two attached hydrogens (primary N) is 1. The topological polar surface area (TPSA) is 63.1 Å². The molecule has 2 heterocycles. The van der Waals surface area contributed by atoms with Gasteiger partial charge in [0.15, 0.2) is 6.54 Å². The number of carbonyl (C=O) groups is 1. The minimum absolute atomic E-state index is 0.0572. The van der Waals surface area contributed by atoms with E-state index in [2.05, 4.69) is 48.2 Å². The van der Waals surface area contributed by atoms with Crippen molar-refractivity contribution >= 4 is 28.3 Å². The first-order chi connectivity index (χ1) is 10.6. The van der Waals surface area contributed by atoms with Gasteiger partial charge in [-0.2, -0.15) is 0 Å². The summed E-state index contributed by atoms with van der Waals surface area (Å²) in [5.41, 5.74) is 3.23. The van der Waals surface area contributed by atoms with Crippen molar-refractivity contribution in [2.75, 3.05) is 30.4 Å². The van der Waals surface area contributed by atoms with Crippen molar-refractivity contribution in [3.63, 3.8) is 0 Å². The highest BCUT2D eigenvalue weighted by Gasteiger charge is 2.29. The molecule has 22 heavy (non-hydrogen) atoms. The van der Waals surface area contributed by atoms with Gasteiger partial charge in [0.25, 0.3) is 11.7 Å². The Morgan fingerprint density at radius 2 is 2.18 bits per heavy atom. The maximum absolute atomic E-state index is 12.3. The number of amides is 1. The average molecular weight is 300 g/mol. The van der Waals surface area contributed by atoms with Gasteiger partial charge in [0.1, 0.15) is 5.52 Å². The Bertz CT molecular complexity index is 711. The first-order valence-corrected chi connectivity index (χ1v) is 7.87. The number of likely N-dealkylation sites (N-methyl/N-ethyl adjacent to an activating group) is 1. The van der Waals surface area contributed by atoms with Crippen molar-refractivity contribution in [1.82, 2.24) is 0 Å². The molecular formula is C17H24N4O+2. The summed E-state index contributed by atoms with van der Waals surface area (Å²) in [6.07, 6.45) is 0.955. The third-order valence-corrected chi connectivity index (χ3v) is 4.16. The van der Waals surface area contributed by atoms with Gasteiger partial charge >= 0.3 is 0 Å². The van der Waals surface area contributed by atoms with E-state index in [0.29, 0.717) is 12.6 Å². The SMILES string of the molecule is CC(C)[NH2+]CC(=O)Nc1c2c([nH+]c3ccccc13)N(C)CC2. The summed E-state index contributed by atoms with van der Waals surface area (Å²) in [5, 5.41) is 6.26. The van der Waals surface area contributed by atoms with E-state index < -0.39 is 0 Å². The monoisotopic (exact) mass is 300 g/mol. The van der Waals surface area contributed by atoms with Gasteiger partial charge in [0, 0.05) is 11.8 Å². The highest BCUT2D eigenvalue weighted by atomic mass is 16.1. The number of H-pyrrole nitrogens is 1. The second kappa shape index (κ2) is 5.93. The largest absolute Gasteiger partial charge is 0.336 e. The Hall–Kier alpha value is -2.14. The standard InChI is InChI=1S/C17H22N4O/c1-11(2)18-10-15(22)20-16-12-6-4-5-7-14(12)19-17-13(16)8-9-21(17)3/h4-7,11,18H,8-10H2,1-3H3,(H,19,20,22)/p+2. The van der Waals surface area contributed by atoms with E-state index in [4.69, 9.17) is 0 Å². The van der Waals surface area contributed by atoms with Crippen LogP contribution in [-0.4, -0.2) is 32.1 Å². The zero-order valence-electron chi connectivity index (χ0n) is 13.4. The molecule has 0 saturated carbocycles. The Morgan fingerprint density at radius 1 is 1.41 bits per heavy atom. The van der Waals surface area contributed by atoms with Crippen LogP contribution in [-0.2, 0) is 11.2 Å². The molecule has 0 unspecified atom stereocenters. The zero-order valence-corrected chi connectivity index (χ0v) is 13.4. The highest BCUT2D eigenvalue weighted by Crippen LogP contribution is 2.34. The summed E-state index contributed by atoms with van der Waals surface area (Å²) in [6.45, 7) is 5.61. The molecule has 5 heteroatoms. The van der Waals surface area contributed by atoms with Crippen molar-refractivity contribution in [3.05, 3.63) is 29.8 Å². The fourth-order valence-corrected chi connectivity index (χ4v) is 2.93. The number of para-hydroxylation sites is 1. The number of nitrogens with one attached hydrogen (secondary N) is 2. The maximum atomic E-state index is 12.3. The maximum Gasteiger partial charge on any atom is 0.280 e. The second-order valence-electron chi connectivity index (χ2n) is 6.28. The molecular weight excluding hydrogens is 276 g/mol. The van der Waals surface area contributed by atoms with Crippen molar-refractivity contribution in [3.8, 4) is 0 Å². The van der Waals surface area contributed by atoms with E-state index in [9.17, 15) is 4.79 Å². The van der Waals surface area contributed by atoms with Crippen LogP contribution in [0.1, 0.15) is 19.4 Å². The van der Waals surface area contributed by atoms with Crippen LogP contribution in [0.5, 0.6) is 0 Å². The fourth-order valence-electron chi connectivity index (χ4n) is 2.93. The molecule has 1 aliphatic rings. The third-order valence-electron chi connectivity index (χ3n) is 4.16. The van der Waals surface area contributed by atoms with Gasteiger partial charge in [-0.15, -0.1) is 0 Å². The number of aromatic nitrogens is 1. The molecule has 0 spiro atoms. The quantitative estimate of drug-likeness (QED) is 0.866. The minimum Gasteiger partial charge on any atom is -0.336 e. The predicted octanol–water partition coefficient (Wildman–Crippen LogP) is 0.557. The predicted molar refractivity (Wildman–Crippen MR) is 88.0 cm³/mol. The summed E-state index contributed by atoms with van der Waals surface area (Å²) in [5.74, 6) is 1.17. The summed E-state index contributed by atoms with van der Waals surface area (Å²) in [4.78, 5) is 18.0. The summed E-state index contributed by atoms with van der Waals surface area (Å²) in [6, 6.07) is 8.56. The lowest BCUT2D eigenvalue weighted by atomic mass is 10.1. The van der Waals surface area contributed by atoms with E-state index in [1.165, 1.54) is 5.56 Å². The number of pyridine rings is 1. The molecule has 2 aromatic rings. The normalized spacial score (nSPS) is 13.7. The number of quaternary nitrogens is 1. The molecule has 0 aliphatic carbocycles. The zero-order chi connectivity index (χ0) is 15.7. The van der Waals surface area contributed by atoms with Gasteiger partial charge in [-0.05, 0) is 26.0 Å². The van der Waals surface area contributed by atoms with Gasteiger partial charge in [0.2, 0.25) is 0 Å². The summed E-state index contributed by atoms with van der Waals surface area (Å²) in [7, 11) is 2.08. The molecule has 1 aromatic heterocycles. The van der Waals surface area contributed by atoms with Crippen molar-refractivity contribution in [1.29, 1.82) is 0 Å². The van der Waals surface area contributed by atoms with Crippen LogP contribution in [0.4, 0.5) is 11.5 Å². The van der Waals surface area contributed by atoms with Gasteiger partial charge in [0.05, 0.1) is 30.9 Å². The van der Waals surface area contributed by atoms with Gasteiger partial charge in [-0.3, -0.25) is 9.69 Å². The average Bonchev–Trinajstić information content (AvgIpc) is 2.86. The molecule has 0 radical (unpaired) electrons. The van der Waals surface area contributed by atoms with Crippen LogP contribution in [0.2, 0.25) is 0 Å². The lowest BCUT2D eigenvalue weighted by Gasteiger charge is -2.12. The Morgan fingerprint density at radius 3 is 2.95 bits per heavy atom. The molecule has 1 aliphatic heterocycles. The van der Waals surface area contributed by atoms with E-state index in [1.54, 1.807) is 0 Å². The van der Waals surface area contributed by atoms with Crippen LogP contribution in [0.15, 0.2) is 24.3 Å². The lowest BCUT2D eigenvalue weighted by molar-refractivity contribution is -0.672. The first-order valence-electron chi connectivity index (χ1n) is 7.87. The molecule has 0 atom stereocenters. The lowest BCUT2D eigenvalue weighted by Crippen LogP contribution is -2.90. The van der Waals surface area contributed by atoms with Crippen LogP contribution in [0.25, 0.3) is 10.9 Å². The number of anilines is 2. The molecule has 116 valence electrons. The Kier molecular flexibility index (Phi) is 3.98. The number of carbonyl (C=O) groups excluding carboxylic acids is 1. The van der Waals surface area contributed by atoms with Crippen LogP contribution in [0.3, 0.4) is 0 Å². The van der Waals surface area contributed by atoms with Gasteiger partial charge < -0.3 is 10.6 Å². The number of fused-ring (bicyclic) bond motifs is 2. The van der Waals surface area contributed by atoms with Crippen molar-refractivity contribution in [2.45, 2.75) is 26.3 Å². The Labute approximate surface area is 130 Å². The second-order valence-corrected chi connectivity index (χ2v) is 6.28. The van der Waals surface area contributed by atoms with Crippen LogP contribution < -0.4 is 20.5 Å². The molecule has 3 rings (SSSR count).